The van der Waals surface area contributed by atoms with Crippen LogP contribution in [0.25, 0.3) is 66.4 Å². The predicted octanol–water partition coefficient (Wildman–Crippen LogP) is 15.8. The second-order valence-electron chi connectivity index (χ2n) is 18.1. The highest BCUT2D eigenvalue weighted by Crippen LogP contribution is 2.69. The van der Waals surface area contributed by atoms with E-state index in [1.807, 2.05) is 6.07 Å². The molecule has 9 aromatic rings. The summed E-state index contributed by atoms with van der Waals surface area (Å²) in [5.74, 6) is 3.34. The van der Waals surface area contributed by atoms with Crippen LogP contribution in [0.4, 0.5) is 17.1 Å². The molecule has 5 aliphatic rings. The van der Waals surface area contributed by atoms with Crippen molar-refractivity contribution in [3.05, 3.63) is 199 Å². The molecule has 0 amide bonds. The lowest BCUT2D eigenvalue weighted by molar-refractivity contribution is -0.0399. The lowest BCUT2D eigenvalue weighted by Gasteiger charge is -2.61. The Hall–Kier alpha value is -6.64. The van der Waals surface area contributed by atoms with Crippen LogP contribution in [0.15, 0.2) is 192 Å². The SMILES string of the molecule is c1ccc(-c2cccc(N(c3ccc(-c4ccccc4-c4cccc5oc6ccccc6c45)cc3)c3ccc4c(c3)-c3ccccc3C43C4CC5CC(C4)CC3C5)c2)cc1. The van der Waals surface area contributed by atoms with Gasteiger partial charge in [-0.2, -0.15) is 0 Å². The van der Waals surface area contributed by atoms with Crippen LogP contribution in [0, 0.1) is 23.7 Å². The highest BCUT2D eigenvalue weighted by atomic mass is 16.3. The largest absolute Gasteiger partial charge is 0.456 e. The Morgan fingerprint density at radius 3 is 1.80 bits per heavy atom. The molecular weight excluding hydrogens is 727 g/mol. The first kappa shape index (κ1) is 34.2. The Kier molecular flexibility index (Phi) is 7.52. The van der Waals surface area contributed by atoms with Crippen LogP contribution in [0.3, 0.4) is 0 Å². The Morgan fingerprint density at radius 1 is 0.383 bits per heavy atom. The molecule has 0 aliphatic heterocycles. The molecule has 1 spiro atoms. The second-order valence-corrected chi connectivity index (χ2v) is 18.1. The Balaban J connectivity index is 0.952. The minimum Gasteiger partial charge on any atom is -0.456 e. The third-order valence-electron chi connectivity index (χ3n) is 15.1. The molecule has 5 aliphatic carbocycles. The number of rotatable bonds is 6. The van der Waals surface area contributed by atoms with Crippen LogP contribution in [0.2, 0.25) is 0 Å². The highest BCUT2D eigenvalue weighted by Gasteiger charge is 2.61. The van der Waals surface area contributed by atoms with Crippen LogP contribution in [0.1, 0.15) is 43.2 Å². The fourth-order valence-electron chi connectivity index (χ4n) is 12.9. The fourth-order valence-corrected chi connectivity index (χ4v) is 12.9. The van der Waals surface area contributed by atoms with Crippen LogP contribution in [-0.2, 0) is 5.41 Å². The van der Waals surface area contributed by atoms with Gasteiger partial charge in [-0.25, -0.2) is 0 Å². The maximum atomic E-state index is 6.32. The molecule has 0 atom stereocenters. The van der Waals surface area contributed by atoms with Crippen molar-refractivity contribution >= 4 is 39.0 Å². The standard InChI is InChI=1S/C58H45NO/c1-2-12-39(13-3-1)41-14-10-15-45(35-41)59(46-28-29-54-52(36-46)49-18-6-8-21-53(49)58(54)42-31-37-30-38(33-42)34-43(58)32-37)44-26-24-40(25-27-44)47-16-4-5-17-48(47)50-20-11-23-56-57(50)51-19-7-9-22-55(51)60-56/h1-29,35-38,42-43H,30-34H2. The molecule has 4 fully saturated rings. The normalized spacial score (nSPS) is 22.1. The molecular formula is C58H45NO. The molecule has 1 heterocycles. The topological polar surface area (TPSA) is 16.4 Å². The van der Waals surface area contributed by atoms with E-state index in [0.29, 0.717) is 0 Å². The fraction of sp³-hybridized carbons (Fsp3) is 0.172. The predicted molar refractivity (Wildman–Crippen MR) is 248 cm³/mol. The first-order valence-corrected chi connectivity index (χ1v) is 22.0. The van der Waals surface area contributed by atoms with E-state index in [2.05, 4.69) is 187 Å². The molecule has 14 rings (SSSR count). The van der Waals surface area contributed by atoms with Crippen molar-refractivity contribution in [3.63, 3.8) is 0 Å². The summed E-state index contributed by atoms with van der Waals surface area (Å²) in [6.07, 6.45) is 7.04. The summed E-state index contributed by atoms with van der Waals surface area (Å²) in [4.78, 5) is 2.48. The van der Waals surface area contributed by atoms with Gasteiger partial charge in [-0.1, -0.05) is 140 Å². The Morgan fingerprint density at radius 2 is 0.983 bits per heavy atom. The molecule has 2 heteroatoms. The van der Waals surface area contributed by atoms with E-state index in [1.54, 1.807) is 11.1 Å². The van der Waals surface area contributed by atoms with Crippen molar-refractivity contribution in [2.24, 2.45) is 23.7 Å². The molecule has 2 nitrogen and oxygen atoms in total. The van der Waals surface area contributed by atoms with Gasteiger partial charge in [-0.15, -0.1) is 0 Å². The van der Waals surface area contributed by atoms with Crippen LogP contribution in [-0.4, -0.2) is 0 Å². The maximum absolute atomic E-state index is 6.32. The van der Waals surface area contributed by atoms with E-state index in [1.165, 1.54) is 82.3 Å². The lowest BCUT2D eigenvalue weighted by atomic mass is 9.43. The average Bonchev–Trinajstić information content (AvgIpc) is 3.83. The van der Waals surface area contributed by atoms with E-state index in [0.717, 1.165) is 57.0 Å². The van der Waals surface area contributed by atoms with Crippen molar-refractivity contribution in [2.45, 2.75) is 37.5 Å². The van der Waals surface area contributed by atoms with Crippen LogP contribution in [0.5, 0.6) is 0 Å². The number of nitrogens with zero attached hydrogens (tertiary/aromatic N) is 1. The molecule has 288 valence electrons. The van der Waals surface area contributed by atoms with E-state index < -0.39 is 0 Å². The van der Waals surface area contributed by atoms with E-state index >= 15 is 0 Å². The molecule has 0 unspecified atom stereocenters. The van der Waals surface area contributed by atoms with Gasteiger partial charge < -0.3 is 9.32 Å². The lowest BCUT2D eigenvalue weighted by Crippen LogP contribution is -2.55. The van der Waals surface area contributed by atoms with Gasteiger partial charge in [0.1, 0.15) is 11.2 Å². The molecule has 8 aromatic carbocycles. The molecule has 4 saturated carbocycles. The number of furan rings is 1. The van der Waals surface area contributed by atoms with E-state index in [9.17, 15) is 0 Å². The summed E-state index contributed by atoms with van der Waals surface area (Å²) in [7, 11) is 0. The van der Waals surface area contributed by atoms with Gasteiger partial charge in [0.25, 0.3) is 0 Å². The van der Waals surface area contributed by atoms with Gasteiger partial charge in [0.2, 0.25) is 0 Å². The van der Waals surface area contributed by atoms with Crippen LogP contribution < -0.4 is 4.90 Å². The molecule has 0 N–H and O–H groups in total. The molecule has 0 saturated heterocycles. The summed E-state index contributed by atoms with van der Waals surface area (Å²) in [6.45, 7) is 0. The van der Waals surface area contributed by atoms with E-state index in [-0.39, 0.29) is 5.41 Å². The maximum Gasteiger partial charge on any atom is 0.136 e. The number of benzene rings is 8. The van der Waals surface area contributed by atoms with Gasteiger partial charge >= 0.3 is 0 Å². The number of hydrogen-bond donors (Lipinski definition) is 0. The number of fused-ring (bicyclic) bond motifs is 6. The molecule has 4 bridgehead atoms. The quantitative estimate of drug-likeness (QED) is 0.167. The third kappa shape index (κ3) is 5.00. The minimum atomic E-state index is 0.151. The van der Waals surface area contributed by atoms with Crippen molar-refractivity contribution in [1.29, 1.82) is 0 Å². The van der Waals surface area contributed by atoms with Gasteiger partial charge in [0.15, 0.2) is 0 Å². The number of hydrogen-bond acceptors (Lipinski definition) is 2. The zero-order valence-electron chi connectivity index (χ0n) is 33.6. The molecule has 60 heavy (non-hydrogen) atoms. The van der Waals surface area contributed by atoms with Crippen molar-refractivity contribution in [1.82, 2.24) is 0 Å². The summed E-state index contributed by atoms with van der Waals surface area (Å²) in [5, 5.41) is 2.31. The molecule has 0 radical (unpaired) electrons. The minimum absolute atomic E-state index is 0.151. The highest BCUT2D eigenvalue weighted by molar-refractivity contribution is 6.13. The van der Waals surface area contributed by atoms with Gasteiger partial charge in [-0.05, 0) is 160 Å². The summed E-state index contributed by atoms with van der Waals surface area (Å²) < 4.78 is 6.32. The van der Waals surface area contributed by atoms with Gasteiger partial charge in [0.05, 0.1) is 0 Å². The van der Waals surface area contributed by atoms with Gasteiger partial charge in [-0.3, -0.25) is 0 Å². The van der Waals surface area contributed by atoms with Crippen LogP contribution >= 0.6 is 0 Å². The second kappa shape index (κ2) is 13.2. The third-order valence-corrected chi connectivity index (χ3v) is 15.1. The monoisotopic (exact) mass is 771 g/mol. The summed E-state index contributed by atoms with van der Waals surface area (Å²) >= 11 is 0. The van der Waals surface area contributed by atoms with Crippen molar-refractivity contribution < 1.29 is 4.42 Å². The summed E-state index contributed by atoms with van der Waals surface area (Å²) in [6, 6.07) is 69.7. The first-order chi connectivity index (χ1) is 29.7. The zero-order valence-corrected chi connectivity index (χ0v) is 33.6. The smallest absolute Gasteiger partial charge is 0.136 e. The Bertz CT molecular complexity index is 3090. The van der Waals surface area contributed by atoms with Crippen molar-refractivity contribution in [3.8, 4) is 44.5 Å². The number of para-hydroxylation sites is 1. The zero-order chi connectivity index (χ0) is 39.4. The number of anilines is 3. The van der Waals surface area contributed by atoms with Gasteiger partial charge in [0, 0.05) is 33.2 Å². The van der Waals surface area contributed by atoms with Crippen molar-refractivity contribution in [2.75, 3.05) is 4.90 Å². The molecule has 1 aromatic heterocycles. The average molecular weight is 772 g/mol. The Labute approximate surface area is 351 Å². The van der Waals surface area contributed by atoms with E-state index in [4.69, 9.17) is 4.42 Å². The first-order valence-electron chi connectivity index (χ1n) is 22.0. The summed E-state index contributed by atoms with van der Waals surface area (Å²) in [5.41, 5.74) is 18.8.